The first-order chi connectivity index (χ1) is 8.33. The Kier molecular flexibility index (Phi) is 4.91. The van der Waals surface area contributed by atoms with E-state index < -0.39 is 0 Å². The van der Waals surface area contributed by atoms with Crippen LogP contribution >= 0.6 is 0 Å². The van der Waals surface area contributed by atoms with Crippen LogP contribution in [-0.4, -0.2) is 18.5 Å². The number of hydrogen-bond acceptors (Lipinski definition) is 2. The Morgan fingerprint density at radius 3 is 2.56 bits per heavy atom. The molecule has 0 radical (unpaired) electrons. The number of nitrogens with two attached hydrogens (primary N) is 1. The predicted molar refractivity (Wildman–Crippen MR) is 75.5 cm³/mol. The van der Waals surface area contributed by atoms with Gasteiger partial charge in [0.1, 0.15) is 0 Å². The second-order valence-electron chi connectivity index (χ2n) is 5.66. The maximum atomic E-state index is 11.6. The highest BCUT2D eigenvalue weighted by Crippen LogP contribution is 2.25. The molecule has 0 aromatic heterocycles. The fourth-order valence-electron chi connectivity index (χ4n) is 2.11. The van der Waals surface area contributed by atoms with Gasteiger partial charge in [0.2, 0.25) is 5.91 Å². The predicted octanol–water partition coefficient (Wildman–Crippen LogP) is 2.13. The number of rotatable bonds is 5. The lowest BCUT2D eigenvalue weighted by Crippen LogP contribution is -2.39. The van der Waals surface area contributed by atoms with Crippen LogP contribution in [-0.2, 0) is 10.2 Å². The number of amides is 1. The Morgan fingerprint density at radius 1 is 1.39 bits per heavy atom. The van der Waals surface area contributed by atoms with Gasteiger partial charge < -0.3 is 11.1 Å². The van der Waals surface area contributed by atoms with Gasteiger partial charge in [0.15, 0.2) is 0 Å². The van der Waals surface area contributed by atoms with Crippen LogP contribution in [0.3, 0.4) is 0 Å². The lowest BCUT2D eigenvalue weighted by atomic mass is 9.82. The average Bonchev–Trinajstić information content (AvgIpc) is 2.26. The van der Waals surface area contributed by atoms with Crippen LogP contribution in [0.5, 0.6) is 0 Å². The number of aryl methyl sites for hydroxylation is 1. The molecule has 1 aromatic rings. The monoisotopic (exact) mass is 248 g/mol. The van der Waals surface area contributed by atoms with Crippen molar-refractivity contribution >= 4 is 5.91 Å². The summed E-state index contributed by atoms with van der Waals surface area (Å²) in [5, 5.41) is 2.96. The third-order valence-electron chi connectivity index (χ3n) is 3.11. The zero-order valence-corrected chi connectivity index (χ0v) is 11.8. The molecule has 18 heavy (non-hydrogen) atoms. The topological polar surface area (TPSA) is 55.1 Å². The Bertz CT molecular complexity index is 411. The molecule has 3 N–H and O–H groups in total. The molecule has 0 spiro atoms. The van der Waals surface area contributed by atoms with Crippen LogP contribution in [0, 0.1) is 6.92 Å². The van der Waals surface area contributed by atoms with Gasteiger partial charge in [0.25, 0.3) is 0 Å². The molecule has 1 atom stereocenters. The largest absolute Gasteiger partial charge is 0.355 e. The minimum Gasteiger partial charge on any atom is -0.355 e. The van der Waals surface area contributed by atoms with Gasteiger partial charge in [-0.1, -0.05) is 38.1 Å². The zero-order chi connectivity index (χ0) is 13.8. The molecule has 3 heteroatoms. The summed E-state index contributed by atoms with van der Waals surface area (Å²) < 4.78 is 0. The summed E-state index contributed by atoms with van der Waals surface area (Å²) in [6, 6.07) is 8.19. The number of hydrogen-bond donors (Lipinski definition) is 2. The van der Waals surface area contributed by atoms with E-state index in [9.17, 15) is 4.79 Å². The number of nitrogens with one attached hydrogen (secondary N) is 1. The van der Waals surface area contributed by atoms with E-state index in [1.807, 2.05) is 19.1 Å². The standard InChI is InChI=1S/C15H24N2O/c1-11-7-5-6-8-13(11)15(3,4)10-17-14(18)9-12(2)16/h5-8,12H,9-10,16H2,1-4H3,(H,17,18). The van der Waals surface area contributed by atoms with Crippen LogP contribution in [0.25, 0.3) is 0 Å². The highest BCUT2D eigenvalue weighted by Gasteiger charge is 2.22. The molecule has 1 unspecified atom stereocenters. The van der Waals surface area contributed by atoms with Gasteiger partial charge in [-0.25, -0.2) is 0 Å². The lowest BCUT2D eigenvalue weighted by Gasteiger charge is -2.27. The smallest absolute Gasteiger partial charge is 0.221 e. The van der Waals surface area contributed by atoms with Crippen molar-refractivity contribution in [2.45, 2.75) is 45.6 Å². The molecule has 3 nitrogen and oxygen atoms in total. The minimum atomic E-state index is -0.0911. The molecule has 100 valence electrons. The van der Waals surface area contributed by atoms with E-state index >= 15 is 0 Å². The first kappa shape index (κ1) is 14.7. The van der Waals surface area contributed by atoms with Crippen molar-refractivity contribution in [1.82, 2.24) is 5.32 Å². The van der Waals surface area contributed by atoms with Crippen molar-refractivity contribution in [3.8, 4) is 0 Å². The normalized spacial score (nSPS) is 13.2. The Morgan fingerprint density at radius 2 is 2.00 bits per heavy atom. The Labute approximate surface area is 110 Å². The van der Waals surface area contributed by atoms with E-state index in [1.54, 1.807) is 0 Å². The van der Waals surface area contributed by atoms with E-state index in [0.717, 1.165) is 0 Å². The summed E-state index contributed by atoms with van der Waals surface area (Å²) in [5.74, 6) is 0.0201. The van der Waals surface area contributed by atoms with Gasteiger partial charge in [0, 0.05) is 24.4 Å². The summed E-state index contributed by atoms with van der Waals surface area (Å²) in [7, 11) is 0. The summed E-state index contributed by atoms with van der Waals surface area (Å²) in [4.78, 5) is 11.6. The second-order valence-corrected chi connectivity index (χ2v) is 5.66. The van der Waals surface area contributed by atoms with E-state index in [0.29, 0.717) is 13.0 Å². The average molecular weight is 248 g/mol. The van der Waals surface area contributed by atoms with Gasteiger partial charge in [-0.15, -0.1) is 0 Å². The SMILES string of the molecule is Cc1ccccc1C(C)(C)CNC(=O)CC(C)N. The molecule has 0 heterocycles. The zero-order valence-electron chi connectivity index (χ0n) is 11.8. The molecular formula is C15H24N2O. The molecule has 0 aliphatic rings. The van der Waals surface area contributed by atoms with Crippen molar-refractivity contribution in [3.05, 3.63) is 35.4 Å². The second kappa shape index (κ2) is 6.01. The molecule has 0 saturated heterocycles. The lowest BCUT2D eigenvalue weighted by molar-refractivity contribution is -0.121. The molecule has 1 amide bonds. The number of benzene rings is 1. The highest BCUT2D eigenvalue weighted by atomic mass is 16.1. The first-order valence-electron chi connectivity index (χ1n) is 6.41. The molecular weight excluding hydrogens is 224 g/mol. The summed E-state index contributed by atoms with van der Waals surface area (Å²) in [5.41, 5.74) is 8.06. The molecule has 1 aromatic carbocycles. The fourth-order valence-corrected chi connectivity index (χ4v) is 2.11. The maximum absolute atomic E-state index is 11.6. The molecule has 0 aliphatic heterocycles. The van der Waals surface area contributed by atoms with E-state index in [-0.39, 0.29) is 17.4 Å². The molecule has 0 aliphatic carbocycles. The van der Waals surface area contributed by atoms with Crippen molar-refractivity contribution in [2.75, 3.05) is 6.54 Å². The number of carbonyl (C=O) groups excluding carboxylic acids is 1. The summed E-state index contributed by atoms with van der Waals surface area (Å²) in [6.45, 7) is 8.85. The molecule has 0 fully saturated rings. The third kappa shape index (κ3) is 4.15. The third-order valence-corrected chi connectivity index (χ3v) is 3.11. The van der Waals surface area contributed by atoms with E-state index in [1.165, 1.54) is 11.1 Å². The Balaban J connectivity index is 2.65. The van der Waals surface area contributed by atoms with Gasteiger partial charge in [-0.3, -0.25) is 4.79 Å². The van der Waals surface area contributed by atoms with Crippen LogP contribution in [0.1, 0.15) is 38.3 Å². The highest BCUT2D eigenvalue weighted by molar-refractivity contribution is 5.76. The van der Waals surface area contributed by atoms with Gasteiger partial charge in [0.05, 0.1) is 0 Å². The maximum Gasteiger partial charge on any atom is 0.221 e. The van der Waals surface area contributed by atoms with Gasteiger partial charge >= 0.3 is 0 Å². The quantitative estimate of drug-likeness (QED) is 0.838. The number of carbonyl (C=O) groups is 1. The van der Waals surface area contributed by atoms with Crippen molar-refractivity contribution < 1.29 is 4.79 Å². The van der Waals surface area contributed by atoms with Crippen LogP contribution < -0.4 is 11.1 Å². The van der Waals surface area contributed by atoms with Crippen molar-refractivity contribution in [1.29, 1.82) is 0 Å². The molecule has 0 saturated carbocycles. The summed E-state index contributed by atoms with van der Waals surface area (Å²) >= 11 is 0. The van der Waals surface area contributed by atoms with Crippen LogP contribution in [0.15, 0.2) is 24.3 Å². The molecule has 1 rings (SSSR count). The van der Waals surface area contributed by atoms with Gasteiger partial charge in [-0.2, -0.15) is 0 Å². The van der Waals surface area contributed by atoms with Crippen LogP contribution in [0.4, 0.5) is 0 Å². The Hall–Kier alpha value is -1.35. The summed E-state index contributed by atoms with van der Waals surface area (Å²) in [6.07, 6.45) is 0.379. The fraction of sp³-hybridized carbons (Fsp3) is 0.533. The van der Waals surface area contributed by atoms with E-state index in [2.05, 4.69) is 38.2 Å². The van der Waals surface area contributed by atoms with Crippen LogP contribution in [0.2, 0.25) is 0 Å². The van der Waals surface area contributed by atoms with E-state index in [4.69, 9.17) is 5.73 Å². The first-order valence-corrected chi connectivity index (χ1v) is 6.41. The van der Waals surface area contributed by atoms with Gasteiger partial charge in [-0.05, 0) is 25.0 Å². The molecule has 0 bridgehead atoms. The minimum absolute atomic E-state index is 0.0201. The van der Waals surface area contributed by atoms with Crippen molar-refractivity contribution in [2.24, 2.45) is 5.73 Å². The van der Waals surface area contributed by atoms with Crippen molar-refractivity contribution in [3.63, 3.8) is 0 Å².